The number of hydrogen-bond donors (Lipinski definition) is 2. The summed E-state index contributed by atoms with van der Waals surface area (Å²) in [6, 6.07) is 16.8. The number of rotatable bonds is 4. The van der Waals surface area contributed by atoms with Gasteiger partial charge in [0.2, 0.25) is 0 Å². The molecule has 38 heavy (non-hydrogen) atoms. The Morgan fingerprint density at radius 3 is 2.68 bits per heavy atom. The Hall–Kier alpha value is -3.33. The Kier molecular flexibility index (Phi) is 6.11. The summed E-state index contributed by atoms with van der Waals surface area (Å²) in [5, 5.41) is 3.73. The third-order valence-corrected chi connectivity index (χ3v) is 8.26. The minimum Gasteiger partial charge on any atom is -0.456 e. The fraction of sp³-hybridized carbons (Fsp3) is 0.433. The summed E-state index contributed by atoms with van der Waals surface area (Å²) in [5.41, 5.74) is 5.08. The number of H-pyrrole nitrogens is 1. The van der Waals surface area contributed by atoms with E-state index in [2.05, 4.69) is 51.6 Å². The highest BCUT2D eigenvalue weighted by Gasteiger charge is 2.40. The number of hydrogen-bond acceptors (Lipinski definition) is 7. The van der Waals surface area contributed by atoms with E-state index in [0.717, 1.165) is 60.4 Å². The minimum absolute atomic E-state index is 0.0780. The number of benzene rings is 2. The van der Waals surface area contributed by atoms with E-state index < -0.39 is 0 Å². The van der Waals surface area contributed by atoms with E-state index in [9.17, 15) is 4.79 Å². The molecule has 2 saturated heterocycles. The number of ether oxygens (including phenoxy) is 4. The summed E-state index contributed by atoms with van der Waals surface area (Å²) < 4.78 is 24.5. The summed E-state index contributed by atoms with van der Waals surface area (Å²) in [7, 11) is 0. The summed E-state index contributed by atoms with van der Waals surface area (Å²) in [4.78, 5) is 17.2. The molecule has 1 saturated carbocycles. The van der Waals surface area contributed by atoms with Crippen LogP contribution in [0.4, 0.5) is 11.4 Å². The van der Waals surface area contributed by atoms with E-state index in [4.69, 9.17) is 18.9 Å². The van der Waals surface area contributed by atoms with Gasteiger partial charge in [0.1, 0.15) is 23.3 Å². The highest BCUT2D eigenvalue weighted by Crippen LogP contribution is 2.43. The monoisotopic (exact) mass is 515 g/mol. The van der Waals surface area contributed by atoms with Crippen molar-refractivity contribution in [3.63, 3.8) is 0 Å². The number of para-hydroxylation sites is 1. The molecule has 1 atom stereocenters. The Morgan fingerprint density at radius 2 is 1.84 bits per heavy atom. The van der Waals surface area contributed by atoms with Gasteiger partial charge in [0.05, 0.1) is 19.8 Å². The van der Waals surface area contributed by atoms with Crippen LogP contribution in [0.3, 0.4) is 0 Å². The molecule has 198 valence electrons. The van der Waals surface area contributed by atoms with E-state index in [1.165, 1.54) is 5.56 Å². The number of fused-ring (bicyclic) bond motifs is 2. The molecule has 8 heteroatoms. The molecule has 8 nitrogen and oxygen atoms in total. The van der Waals surface area contributed by atoms with Crippen molar-refractivity contribution in [2.24, 2.45) is 0 Å². The van der Waals surface area contributed by atoms with Crippen LogP contribution in [0.15, 0.2) is 59.5 Å². The van der Waals surface area contributed by atoms with Crippen LogP contribution in [0.5, 0.6) is 11.5 Å². The third-order valence-electron chi connectivity index (χ3n) is 8.26. The molecule has 1 aromatic heterocycles. The number of pyridine rings is 1. The minimum atomic E-state index is -0.334. The standard InChI is InChI=1S/C30H33N3O5/c34-29-25(5-2-12-31-29)33-13-14-35-27(19-33)24-4-1-3-20-17-21-18-23(6-7-26(21)38-28(20)24)32-22-8-10-30(11-9-22)36-15-16-37-30/h1-7,12,18,22,27,32H,8-11,13-17,19H2,(H,31,34). The highest BCUT2D eigenvalue weighted by molar-refractivity contribution is 5.59. The first-order valence-corrected chi connectivity index (χ1v) is 13.7. The number of nitrogens with zero attached hydrogens (tertiary/aromatic N) is 1. The van der Waals surface area contributed by atoms with Gasteiger partial charge in [-0.25, -0.2) is 0 Å². The normalized spacial score (nSPS) is 22.5. The van der Waals surface area contributed by atoms with Gasteiger partial charge in [0, 0.05) is 61.4 Å². The third kappa shape index (κ3) is 4.46. The van der Waals surface area contributed by atoms with Gasteiger partial charge in [-0.05, 0) is 48.7 Å². The maximum Gasteiger partial charge on any atom is 0.271 e. The first-order chi connectivity index (χ1) is 18.7. The predicted octanol–water partition coefficient (Wildman–Crippen LogP) is 4.75. The van der Waals surface area contributed by atoms with Gasteiger partial charge in [0.15, 0.2) is 5.79 Å². The molecule has 4 aliphatic rings. The van der Waals surface area contributed by atoms with Gasteiger partial charge in [0.25, 0.3) is 5.56 Å². The molecule has 0 bridgehead atoms. The number of morpholine rings is 1. The highest BCUT2D eigenvalue weighted by atomic mass is 16.7. The lowest BCUT2D eigenvalue weighted by atomic mass is 9.89. The molecule has 0 amide bonds. The molecule has 1 aliphatic carbocycles. The maximum atomic E-state index is 12.4. The molecule has 0 radical (unpaired) electrons. The van der Waals surface area contributed by atoms with Crippen molar-refractivity contribution < 1.29 is 18.9 Å². The van der Waals surface area contributed by atoms with E-state index in [1.807, 2.05) is 12.1 Å². The zero-order valence-electron chi connectivity index (χ0n) is 21.4. The van der Waals surface area contributed by atoms with Crippen LogP contribution >= 0.6 is 0 Å². The molecular formula is C30H33N3O5. The zero-order valence-corrected chi connectivity index (χ0v) is 21.4. The lowest BCUT2D eigenvalue weighted by Gasteiger charge is -2.36. The molecule has 7 rings (SSSR count). The van der Waals surface area contributed by atoms with Crippen LogP contribution in [0, 0.1) is 0 Å². The summed E-state index contributed by atoms with van der Waals surface area (Å²) in [5.74, 6) is 1.43. The van der Waals surface area contributed by atoms with Crippen LogP contribution in [0.25, 0.3) is 0 Å². The lowest BCUT2D eigenvalue weighted by molar-refractivity contribution is -0.177. The van der Waals surface area contributed by atoms with Gasteiger partial charge >= 0.3 is 0 Å². The fourth-order valence-electron chi connectivity index (χ4n) is 6.29. The lowest BCUT2D eigenvalue weighted by Crippen LogP contribution is -2.41. The summed E-state index contributed by atoms with van der Waals surface area (Å²) >= 11 is 0. The van der Waals surface area contributed by atoms with Crippen molar-refractivity contribution in [1.82, 2.24) is 4.98 Å². The molecule has 1 unspecified atom stereocenters. The Morgan fingerprint density at radius 1 is 0.974 bits per heavy atom. The summed E-state index contributed by atoms with van der Waals surface area (Å²) in [6.45, 7) is 3.25. The van der Waals surface area contributed by atoms with Crippen molar-refractivity contribution in [3.8, 4) is 11.5 Å². The average Bonchev–Trinajstić information content (AvgIpc) is 3.41. The second-order valence-corrected chi connectivity index (χ2v) is 10.7. The second kappa shape index (κ2) is 9.76. The van der Waals surface area contributed by atoms with Gasteiger partial charge in [-0.2, -0.15) is 0 Å². The molecule has 4 heterocycles. The van der Waals surface area contributed by atoms with Gasteiger partial charge < -0.3 is 34.1 Å². The van der Waals surface area contributed by atoms with Crippen LogP contribution in [-0.2, 0) is 20.6 Å². The Balaban J connectivity index is 1.06. The van der Waals surface area contributed by atoms with E-state index in [0.29, 0.717) is 44.6 Å². The van der Waals surface area contributed by atoms with E-state index >= 15 is 0 Å². The number of aromatic nitrogens is 1. The SMILES string of the molecule is O=c1[nH]cccc1N1CCOC(c2cccc3c2Oc2ccc(NC4CCC5(CC4)OCCO5)cc2C3)C1. The maximum absolute atomic E-state index is 12.4. The number of nitrogens with one attached hydrogen (secondary N) is 2. The fourth-order valence-corrected chi connectivity index (χ4v) is 6.29. The van der Waals surface area contributed by atoms with Gasteiger partial charge in [-0.3, -0.25) is 4.79 Å². The zero-order chi connectivity index (χ0) is 25.5. The van der Waals surface area contributed by atoms with Crippen LogP contribution < -0.4 is 20.5 Å². The topological polar surface area (TPSA) is 85.1 Å². The Labute approximate surface area is 221 Å². The van der Waals surface area contributed by atoms with Crippen LogP contribution in [0.1, 0.15) is 48.5 Å². The largest absolute Gasteiger partial charge is 0.456 e. The second-order valence-electron chi connectivity index (χ2n) is 10.7. The van der Waals surface area contributed by atoms with Crippen LogP contribution in [-0.4, -0.2) is 49.7 Å². The van der Waals surface area contributed by atoms with Crippen molar-refractivity contribution >= 4 is 11.4 Å². The first kappa shape index (κ1) is 23.8. The molecular weight excluding hydrogens is 482 g/mol. The first-order valence-electron chi connectivity index (χ1n) is 13.7. The Bertz CT molecular complexity index is 1370. The van der Waals surface area contributed by atoms with E-state index in [-0.39, 0.29) is 17.5 Å². The predicted molar refractivity (Wildman–Crippen MR) is 144 cm³/mol. The van der Waals surface area contributed by atoms with Crippen molar-refractivity contribution in [2.45, 2.75) is 50.0 Å². The van der Waals surface area contributed by atoms with Crippen LogP contribution in [0.2, 0.25) is 0 Å². The van der Waals surface area contributed by atoms with Crippen molar-refractivity contribution in [1.29, 1.82) is 0 Å². The van der Waals surface area contributed by atoms with Crippen molar-refractivity contribution in [2.75, 3.05) is 43.1 Å². The number of anilines is 2. The molecule has 2 aromatic carbocycles. The quantitative estimate of drug-likeness (QED) is 0.406. The summed E-state index contributed by atoms with van der Waals surface area (Å²) in [6.07, 6.45) is 6.23. The van der Waals surface area contributed by atoms with E-state index in [1.54, 1.807) is 6.20 Å². The average molecular weight is 516 g/mol. The van der Waals surface area contributed by atoms with Gasteiger partial charge in [-0.15, -0.1) is 0 Å². The molecule has 3 aromatic rings. The molecule has 2 N–H and O–H groups in total. The van der Waals surface area contributed by atoms with Gasteiger partial charge in [-0.1, -0.05) is 18.2 Å². The van der Waals surface area contributed by atoms with Crippen molar-refractivity contribution in [3.05, 3.63) is 81.8 Å². The smallest absolute Gasteiger partial charge is 0.271 e. The molecule has 3 fully saturated rings. The molecule has 1 spiro atoms. The molecule has 3 aliphatic heterocycles. The number of aromatic amines is 1.